The summed E-state index contributed by atoms with van der Waals surface area (Å²) in [6.07, 6.45) is 0. The molecular weight excluding hydrogens is 280 g/mol. The summed E-state index contributed by atoms with van der Waals surface area (Å²) >= 11 is 8.89. The number of hydrogen-bond acceptors (Lipinski definition) is 2. The highest BCUT2D eigenvalue weighted by atomic mass is 79.9. The molecule has 0 fully saturated rings. The van der Waals surface area contributed by atoms with Gasteiger partial charge in [0.1, 0.15) is 0 Å². The third kappa shape index (κ3) is 3.51. The maximum atomic E-state index is 10.6. The van der Waals surface area contributed by atoms with E-state index in [1.807, 2.05) is 0 Å². The van der Waals surface area contributed by atoms with Crippen LogP contribution in [0, 0.1) is 0 Å². The largest absolute Gasteiger partial charge is 0.296 e. The van der Waals surface area contributed by atoms with Gasteiger partial charge in [-0.15, -0.1) is 0 Å². The molecule has 0 radical (unpaired) electrons. The molecule has 13 heavy (non-hydrogen) atoms. The molecule has 1 rings (SSSR count). The minimum Gasteiger partial charge on any atom is -0.271 e. The first kappa shape index (κ1) is 10.8. The van der Waals surface area contributed by atoms with Crippen LogP contribution in [0.25, 0.3) is 0 Å². The molecule has 0 spiro atoms. The van der Waals surface area contributed by atoms with Gasteiger partial charge in [0.15, 0.2) is 0 Å². The lowest BCUT2D eigenvalue weighted by atomic mass is 10.3. The molecule has 0 bridgehead atoms. The second-order valence-electron chi connectivity index (χ2n) is 2.28. The Labute approximate surface area is 89.4 Å². The zero-order valence-electron chi connectivity index (χ0n) is 6.29. The molecule has 3 N–H and O–H groups in total. The smallest absolute Gasteiger partial charge is 0.271 e. The van der Waals surface area contributed by atoms with Gasteiger partial charge >= 0.3 is 0 Å². The quantitative estimate of drug-likeness (QED) is 0.868. The zero-order valence-corrected chi connectivity index (χ0v) is 9.45. The van der Waals surface area contributed by atoms with Gasteiger partial charge in [-0.2, -0.15) is 8.42 Å². The molecule has 0 amide bonds. The molecule has 0 aliphatic heterocycles. The van der Waals surface area contributed by atoms with E-state index >= 15 is 0 Å². The van der Waals surface area contributed by atoms with E-state index in [1.165, 1.54) is 6.07 Å². The van der Waals surface area contributed by atoms with Gasteiger partial charge in [-0.3, -0.25) is 4.72 Å². The van der Waals surface area contributed by atoms with Crippen molar-refractivity contribution >= 4 is 43.4 Å². The Bertz CT molecular complexity index is 421. The second kappa shape index (κ2) is 3.83. The molecular formula is C6H6BrClN2O2S. The third-order valence-electron chi connectivity index (χ3n) is 1.18. The van der Waals surface area contributed by atoms with Gasteiger partial charge in [-0.1, -0.05) is 11.6 Å². The number of benzene rings is 1. The minimum absolute atomic E-state index is 0.329. The Morgan fingerprint density at radius 1 is 1.46 bits per heavy atom. The molecule has 7 heteroatoms. The topological polar surface area (TPSA) is 72.2 Å². The van der Waals surface area contributed by atoms with E-state index in [2.05, 4.69) is 20.7 Å². The van der Waals surface area contributed by atoms with Gasteiger partial charge < -0.3 is 0 Å². The first-order chi connectivity index (χ1) is 5.88. The van der Waals surface area contributed by atoms with Gasteiger partial charge in [0.25, 0.3) is 10.2 Å². The Kier molecular flexibility index (Phi) is 3.18. The van der Waals surface area contributed by atoms with Crippen LogP contribution in [0.4, 0.5) is 5.69 Å². The van der Waals surface area contributed by atoms with Crippen molar-refractivity contribution in [2.75, 3.05) is 4.72 Å². The summed E-state index contributed by atoms with van der Waals surface area (Å²) in [6.45, 7) is 0. The van der Waals surface area contributed by atoms with Crippen molar-refractivity contribution in [3.63, 3.8) is 0 Å². The van der Waals surface area contributed by atoms with Crippen LogP contribution in [0.2, 0.25) is 5.02 Å². The zero-order chi connectivity index (χ0) is 10.1. The van der Waals surface area contributed by atoms with Crippen molar-refractivity contribution in [1.29, 1.82) is 0 Å². The summed E-state index contributed by atoms with van der Waals surface area (Å²) in [4.78, 5) is 0. The maximum Gasteiger partial charge on any atom is 0.296 e. The van der Waals surface area contributed by atoms with Crippen molar-refractivity contribution in [1.82, 2.24) is 0 Å². The fraction of sp³-hybridized carbons (Fsp3) is 0. The van der Waals surface area contributed by atoms with Crippen LogP contribution < -0.4 is 9.86 Å². The van der Waals surface area contributed by atoms with Crippen LogP contribution in [0.15, 0.2) is 22.7 Å². The first-order valence-corrected chi connectivity index (χ1v) is 5.86. The third-order valence-corrected chi connectivity index (χ3v) is 2.93. The average Bonchev–Trinajstić information content (AvgIpc) is 1.94. The molecule has 0 aromatic heterocycles. The van der Waals surface area contributed by atoms with Crippen LogP contribution in [0.5, 0.6) is 0 Å². The summed E-state index contributed by atoms with van der Waals surface area (Å²) < 4.78 is 24.0. The van der Waals surface area contributed by atoms with Gasteiger partial charge in [-0.25, -0.2) is 5.14 Å². The van der Waals surface area contributed by atoms with E-state index in [1.54, 1.807) is 12.1 Å². The van der Waals surface area contributed by atoms with E-state index < -0.39 is 10.2 Å². The van der Waals surface area contributed by atoms with Crippen molar-refractivity contribution < 1.29 is 8.42 Å². The molecule has 0 saturated heterocycles. The monoisotopic (exact) mass is 284 g/mol. The number of nitrogens with two attached hydrogens (primary N) is 1. The van der Waals surface area contributed by atoms with Crippen molar-refractivity contribution in [2.24, 2.45) is 5.14 Å². The van der Waals surface area contributed by atoms with Gasteiger partial charge in [0, 0.05) is 4.47 Å². The number of halogens is 2. The number of hydrogen-bond donors (Lipinski definition) is 2. The highest BCUT2D eigenvalue weighted by Gasteiger charge is 2.03. The molecule has 1 aromatic rings. The molecule has 0 atom stereocenters. The molecule has 0 aliphatic rings. The molecule has 0 saturated carbocycles. The van der Waals surface area contributed by atoms with Gasteiger partial charge in [0.2, 0.25) is 0 Å². The predicted molar refractivity (Wildman–Crippen MR) is 55.9 cm³/mol. The summed E-state index contributed by atoms with van der Waals surface area (Å²) in [5.41, 5.74) is 0.329. The number of nitrogens with one attached hydrogen (secondary N) is 1. The lowest BCUT2D eigenvalue weighted by molar-refractivity contribution is 0.603. The van der Waals surface area contributed by atoms with Crippen LogP contribution in [0.1, 0.15) is 0 Å². The summed E-state index contributed by atoms with van der Waals surface area (Å²) in [6, 6.07) is 4.62. The summed E-state index contributed by atoms with van der Waals surface area (Å²) in [7, 11) is -3.73. The number of rotatable bonds is 2. The van der Waals surface area contributed by atoms with Crippen molar-refractivity contribution in [2.45, 2.75) is 0 Å². The van der Waals surface area contributed by atoms with E-state index in [-0.39, 0.29) is 0 Å². The highest BCUT2D eigenvalue weighted by molar-refractivity contribution is 9.10. The lowest BCUT2D eigenvalue weighted by Gasteiger charge is -2.03. The summed E-state index contributed by atoms with van der Waals surface area (Å²) in [5, 5.41) is 5.17. The van der Waals surface area contributed by atoms with E-state index in [0.29, 0.717) is 15.2 Å². The fourth-order valence-electron chi connectivity index (χ4n) is 0.724. The molecule has 1 aromatic carbocycles. The minimum atomic E-state index is -3.73. The standard InChI is InChI=1S/C6H6BrClN2O2S/c7-5-2-1-4(3-6(5)8)10-13(9,11)12/h1-3,10H,(H2,9,11,12). The van der Waals surface area contributed by atoms with Gasteiger partial charge in [-0.05, 0) is 34.1 Å². The molecule has 0 heterocycles. The SMILES string of the molecule is NS(=O)(=O)Nc1ccc(Br)c(Cl)c1. The normalized spacial score (nSPS) is 11.3. The van der Waals surface area contributed by atoms with E-state index in [4.69, 9.17) is 16.7 Å². The average molecular weight is 286 g/mol. The lowest BCUT2D eigenvalue weighted by Crippen LogP contribution is -2.21. The molecule has 72 valence electrons. The second-order valence-corrected chi connectivity index (χ2v) is 4.83. The fourth-order valence-corrected chi connectivity index (χ4v) is 1.61. The van der Waals surface area contributed by atoms with Crippen LogP contribution in [0.3, 0.4) is 0 Å². The van der Waals surface area contributed by atoms with Gasteiger partial charge in [0.05, 0.1) is 10.7 Å². The summed E-state index contributed by atoms with van der Waals surface area (Å²) in [5.74, 6) is 0. The van der Waals surface area contributed by atoms with Crippen LogP contribution in [-0.2, 0) is 10.2 Å². The Hall–Kier alpha value is -0.300. The Morgan fingerprint density at radius 3 is 2.54 bits per heavy atom. The molecule has 4 nitrogen and oxygen atoms in total. The van der Waals surface area contributed by atoms with Crippen molar-refractivity contribution in [3.05, 3.63) is 27.7 Å². The first-order valence-electron chi connectivity index (χ1n) is 3.14. The van der Waals surface area contributed by atoms with E-state index in [9.17, 15) is 8.42 Å². The highest BCUT2D eigenvalue weighted by Crippen LogP contribution is 2.25. The van der Waals surface area contributed by atoms with Crippen LogP contribution >= 0.6 is 27.5 Å². The predicted octanol–water partition coefficient (Wildman–Crippen LogP) is 1.72. The van der Waals surface area contributed by atoms with Crippen LogP contribution in [-0.4, -0.2) is 8.42 Å². The maximum absolute atomic E-state index is 10.6. The number of anilines is 1. The molecule has 0 aliphatic carbocycles. The molecule has 0 unspecified atom stereocenters. The van der Waals surface area contributed by atoms with E-state index in [0.717, 1.165) is 0 Å². The Balaban J connectivity index is 2.99. The van der Waals surface area contributed by atoms with Crippen molar-refractivity contribution in [3.8, 4) is 0 Å². The Morgan fingerprint density at radius 2 is 2.08 bits per heavy atom.